The number of pyridine rings is 1. The van der Waals surface area contributed by atoms with Crippen LogP contribution in [0.25, 0.3) is 32.9 Å². The standard InChI is InChI=1S/C35H42F2N6O/c1-22(2)25-11-5-9-23-10-6-12-26(28(23)25)30-29(37)31-27(18-38-30)32(39-20-34(42(3)4)13-7-14-34)41-33(40-31)44-21-35-15-8-16-43(35)19-24(36)17-35/h5-6,9-12,18,22,24H,7-8,13-17,19-21H2,1-4H3,(H,39,40,41)/t24-,35?/m1/s1. The van der Waals surface area contributed by atoms with Gasteiger partial charge >= 0.3 is 6.01 Å². The number of likely N-dealkylation sites (N-methyl/N-ethyl adjacent to an activating group) is 1. The topological polar surface area (TPSA) is 66.4 Å². The van der Waals surface area contributed by atoms with Crippen LogP contribution >= 0.6 is 0 Å². The molecule has 9 heteroatoms. The fourth-order valence-electron chi connectivity index (χ4n) is 7.73. The van der Waals surface area contributed by atoms with Gasteiger partial charge < -0.3 is 15.0 Å². The van der Waals surface area contributed by atoms with E-state index in [1.165, 1.54) is 6.42 Å². The van der Waals surface area contributed by atoms with Crippen LogP contribution in [-0.4, -0.2) is 82.3 Å². The Balaban J connectivity index is 1.32. The molecule has 1 saturated carbocycles. The van der Waals surface area contributed by atoms with Crippen LogP contribution in [0, 0.1) is 5.82 Å². The maximum Gasteiger partial charge on any atom is 0.319 e. The predicted octanol–water partition coefficient (Wildman–Crippen LogP) is 6.96. The van der Waals surface area contributed by atoms with E-state index < -0.39 is 12.0 Å². The molecule has 7 rings (SSSR count). The largest absolute Gasteiger partial charge is 0.461 e. The summed E-state index contributed by atoms with van der Waals surface area (Å²) in [6, 6.07) is 12.2. The van der Waals surface area contributed by atoms with Crippen LogP contribution < -0.4 is 10.1 Å². The second-order valence-corrected chi connectivity index (χ2v) is 13.6. The number of ether oxygens (including phenoxy) is 1. The van der Waals surface area contributed by atoms with Crippen LogP contribution in [0.3, 0.4) is 0 Å². The molecule has 0 bridgehead atoms. The van der Waals surface area contributed by atoms with Gasteiger partial charge in [0, 0.05) is 36.8 Å². The summed E-state index contributed by atoms with van der Waals surface area (Å²) in [4.78, 5) is 18.6. The summed E-state index contributed by atoms with van der Waals surface area (Å²) in [5.74, 6) is 0.263. The molecule has 0 radical (unpaired) electrons. The molecule has 4 aromatic rings. The van der Waals surface area contributed by atoms with E-state index in [4.69, 9.17) is 14.7 Å². The van der Waals surface area contributed by atoms with Crippen molar-refractivity contribution in [3.63, 3.8) is 0 Å². The fourth-order valence-corrected chi connectivity index (χ4v) is 7.73. The van der Waals surface area contributed by atoms with E-state index in [0.717, 1.165) is 54.1 Å². The molecule has 0 spiro atoms. The Bertz CT molecular complexity index is 1700. The second-order valence-electron chi connectivity index (χ2n) is 13.6. The number of aromatic nitrogens is 3. The third-order valence-corrected chi connectivity index (χ3v) is 10.5. The fraction of sp³-hybridized carbons (Fsp3) is 0.514. The summed E-state index contributed by atoms with van der Waals surface area (Å²) in [5, 5.41) is 6.08. The van der Waals surface area contributed by atoms with Crippen molar-refractivity contribution < 1.29 is 13.5 Å². The van der Waals surface area contributed by atoms with Crippen LogP contribution in [0.1, 0.15) is 63.9 Å². The Hall–Kier alpha value is -3.43. The number of nitrogens with one attached hydrogen (secondary N) is 1. The Morgan fingerprint density at radius 1 is 1.09 bits per heavy atom. The number of halogens is 2. The summed E-state index contributed by atoms with van der Waals surface area (Å²) >= 11 is 0. The van der Waals surface area contributed by atoms with E-state index in [1.807, 2.05) is 18.2 Å². The first-order valence-electron chi connectivity index (χ1n) is 16.0. The molecule has 44 heavy (non-hydrogen) atoms. The van der Waals surface area contributed by atoms with Crippen molar-refractivity contribution in [2.45, 2.75) is 75.5 Å². The van der Waals surface area contributed by atoms with Crippen molar-refractivity contribution >= 4 is 27.5 Å². The SMILES string of the molecule is CC(C)c1cccc2cccc(-c3ncc4c(NCC5(N(C)C)CCC5)nc(OCC56CCCN5C[C@H](F)C6)nc4c3F)c12. The Morgan fingerprint density at radius 2 is 1.89 bits per heavy atom. The first kappa shape index (κ1) is 29.3. The summed E-state index contributed by atoms with van der Waals surface area (Å²) in [5.41, 5.74) is 1.97. The highest BCUT2D eigenvalue weighted by Crippen LogP contribution is 2.42. The first-order chi connectivity index (χ1) is 21.2. The average Bonchev–Trinajstić information content (AvgIpc) is 3.50. The molecule has 1 aliphatic carbocycles. The molecular formula is C35H42F2N6O. The van der Waals surface area contributed by atoms with Gasteiger partial charge in [-0.25, -0.2) is 8.78 Å². The molecule has 4 heterocycles. The summed E-state index contributed by atoms with van der Waals surface area (Å²) < 4.78 is 37.5. The van der Waals surface area contributed by atoms with Gasteiger partial charge in [-0.2, -0.15) is 9.97 Å². The van der Waals surface area contributed by atoms with E-state index >= 15 is 4.39 Å². The second kappa shape index (κ2) is 11.2. The predicted molar refractivity (Wildman–Crippen MR) is 172 cm³/mol. The van der Waals surface area contributed by atoms with Gasteiger partial charge in [0.05, 0.1) is 10.9 Å². The summed E-state index contributed by atoms with van der Waals surface area (Å²) in [6.07, 6.45) is 6.49. The molecule has 1 unspecified atom stereocenters. The minimum absolute atomic E-state index is 0.0176. The molecule has 3 fully saturated rings. The highest BCUT2D eigenvalue weighted by molar-refractivity contribution is 6.00. The Morgan fingerprint density at radius 3 is 2.61 bits per heavy atom. The Labute approximate surface area is 258 Å². The van der Waals surface area contributed by atoms with Gasteiger partial charge in [-0.3, -0.25) is 9.88 Å². The van der Waals surface area contributed by atoms with E-state index in [9.17, 15) is 4.39 Å². The lowest BCUT2D eigenvalue weighted by Gasteiger charge is -2.47. The van der Waals surface area contributed by atoms with Gasteiger partial charge in [-0.05, 0) is 75.0 Å². The Kier molecular flexibility index (Phi) is 7.44. The molecule has 2 aliphatic heterocycles. The van der Waals surface area contributed by atoms with E-state index in [2.05, 4.69) is 66.2 Å². The van der Waals surface area contributed by atoms with Crippen molar-refractivity contribution in [3.05, 3.63) is 54.0 Å². The molecule has 2 atom stereocenters. The van der Waals surface area contributed by atoms with Crippen LogP contribution in [-0.2, 0) is 0 Å². The van der Waals surface area contributed by atoms with Gasteiger partial charge in [0.15, 0.2) is 5.82 Å². The van der Waals surface area contributed by atoms with Gasteiger partial charge in [0.25, 0.3) is 0 Å². The van der Waals surface area contributed by atoms with Gasteiger partial charge in [0.2, 0.25) is 0 Å². The molecule has 2 aromatic heterocycles. The maximum absolute atomic E-state index is 16.8. The molecular weight excluding hydrogens is 558 g/mol. The molecule has 2 aromatic carbocycles. The number of nitrogens with zero attached hydrogens (tertiary/aromatic N) is 5. The number of anilines is 1. The molecule has 2 saturated heterocycles. The zero-order valence-electron chi connectivity index (χ0n) is 26.2. The highest BCUT2D eigenvalue weighted by Gasteiger charge is 2.49. The van der Waals surface area contributed by atoms with Crippen molar-refractivity contribution in [1.82, 2.24) is 24.8 Å². The lowest BCUT2D eigenvalue weighted by atomic mass is 9.75. The van der Waals surface area contributed by atoms with Crippen molar-refractivity contribution in [2.75, 3.05) is 45.7 Å². The maximum atomic E-state index is 16.8. The quantitative estimate of drug-likeness (QED) is 0.223. The minimum Gasteiger partial charge on any atom is -0.461 e. The lowest BCUT2D eigenvalue weighted by Crippen LogP contribution is -2.54. The zero-order chi connectivity index (χ0) is 30.6. The van der Waals surface area contributed by atoms with Crippen molar-refractivity contribution in [3.8, 4) is 17.3 Å². The van der Waals surface area contributed by atoms with Crippen LogP contribution in [0.4, 0.5) is 14.6 Å². The number of rotatable bonds is 9. The number of benzene rings is 2. The normalized spacial score (nSPS) is 23.0. The smallest absolute Gasteiger partial charge is 0.319 e. The molecule has 1 N–H and O–H groups in total. The van der Waals surface area contributed by atoms with Crippen LogP contribution in [0.15, 0.2) is 42.6 Å². The van der Waals surface area contributed by atoms with Gasteiger partial charge in [-0.15, -0.1) is 0 Å². The summed E-state index contributed by atoms with van der Waals surface area (Å²) in [7, 11) is 4.20. The zero-order valence-corrected chi connectivity index (χ0v) is 26.2. The number of hydrogen-bond acceptors (Lipinski definition) is 7. The molecule has 7 nitrogen and oxygen atoms in total. The minimum atomic E-state index is -0.860. The van der Waals surface area contributed by atoms with Gasteiger partial charge in [-0.1, -0.05) is 50.2 Å². The monoisotopic (exact) mass is 600 g/mol. The first-order valence-corrected chi connectivity index (χ1v) is 16.0. The van der Waals surface area contributed by atoms with E-state index in [1.54, 1.807) is 6.20 Å². The number of hydrogen-bond donors (Lipinski definition) is 1. The summed E-state index contributed by atoms with van der Waals surface area (Å²) in [6.45, 7) is 6.54. The highest BCUT2D eigenvalue weighted by atomic mass is 19.1. The van der Waals surface area contributed by atoms with Crippen molar-refractivity contribution in [2.24, 2.45) is 0 Å². The number of fused-ring (bicyclic) bond motifs is 3. The lowest BCUT2D eigenvalue weighted by molar-refractivity contribution is 0.0738. The van der Waals surface area contributed by atoms with E-state index in [0.29, 0.717) is 30.7 Å². The molecule has 3 aliphatic rings. The third kappa shape index (κ3) is 4.88. The van der Waals surface area contributed by atoms with Crippen molar-refractivity contribution in [1.29, 1.82) is 0 Å². The molecule has 232 valence electrons. The van der Waals surface area contributed by atoms with Crippen LogP contribution in [0.2, 0.25) is 0 Å². The van der Waals surface area contributed by atoms with Crippen LogP contribution in [0.5, 0.6) is 6.01 Å². The number of alkyl halides is 1. The third-order valence-electron chi connectivity index (χ3n) is 10.5. The molecule has 0 amide bonds. The van der Waals surface area contributed by atoms with E-state index in [-0.39, 0.29) is 40.8 Å². The van der Waals surface area contributed by atoms with Gasteiger partial charge in [0.1, 0.15) is 29.8 Å². The average molecular weight is 601 g/mol.